The van der Waals surface area contributed by atoms with Gasteiger partial charge in [-0.05, 0) is 12.1 Å². The monoisotopic (exact) mass is 179 g/mol. The minimum atomic E-state index is -1.06. The molecule has 2 rings (SSSR count). The van der Waals surface area contributed by atoms with Crippen LogP contribution in [0.3, 0.4) is 0 Å². The fourth-order valence-electron chi connectivity index (χ4n) is 1.11. The molecule has 4 nitrogen and oxygen atoms in total. The average Bonchev–Trinajstić information content (AvgIpc) is 2.60. The van der Waals surface area contributed by atoms with Crippen molar-refractivity contribution in [3.8, 4) is 0 Å². The van der Waals surface area contributed by atoms with Gasteiger partial charge in [0.1, 0.15) is 5.52 Å². The Balaban J connectivity index is 2.64. The molecule has 0 unspecified atom stereocenters. The van der Waals surface area contributed by atoms with Gasteiger partial charge in [-0.3, -0.25) is 4.79 Å². The van der Waals surface area contributed by atoms with Crippen molar-refractivity contribution < 1.29 is 9.18 Å². The molecule has 5 heteroatoms. The van der Waals surface area contributed by atoms with Crippen molar-refractivity contribution in [2.24, 2.45) is 0 Å². The zero-order chi connectivity index (χ0) is 9.26. The Morgan fingerprint density at radius 2 is 2.23 bits per heavy atom. The lowest BCUT2D eigenvalue weighted by atomic mass is 10.3. The first-order chi connectivity index (χ1) is 6.33. The number of hydrogen-bond acceptors (Lipinski definition) is 3. The van der Waals surface area contributed by atoms with Crippen molar-refractivity contribution in [1.29, 1.82) is 0 Å². The molecule has 1 aromatic carbocycles. The highest BCUT2D eigenvalue weighted by atomic mass is 19.1. The van der Waals surface area contributed by atoms with Crippen LogP contribution in [0.15, 0.2) is 24.3 Å². The minimum absolute atomic E-state index is 0.533. The summed E-state index contributed by atoms with van der Waals surface area (Å²) in [5.41, 5.74) is 1.12. The first kappa shape index (κ1) is 7.85. The molecule has 0 aliphatic rings. The Hall–Kier alpha value is -1.78. The molecule has 0 aliphatic heterocycles. The van der Waals surface area contributed by atoms with E-state index < -0.39 is 12.6 Å². The molecule has 0 amide bonds. The van der Waals surface area contributed by atoms with Crippen LogP contribution in [0.2, 0.25) is 0 Å². The fraction of sp³-hybridized carbons (Fsp3) is 0.125. The predicted molar refractivity (Wildman–Crippen MR) is 44.1 cm³/mol. The Morgan fingerprint density at radius 3 is 3.00 bits per heavy atom. The van der Waals surface area contributed by atoms with Crippen molar-refractivity contribution in [3.63, 3.8) is 0 Å². The number of rotatable bonds is 1. The van der Waals surface area contributed by atoms with Crippen LogP contribution in [0, 0.1) is 0 Å². The van der Waals surface area contributed by atoms with Gasteiger partial charge in [0.15, 0.2) is 6.67 Å². The Kier molecular flexibility index (Phi) is 1.77. The van der Waals surface area contributed by atoms with Crippen molar-refractivity contribution in [2.45, 2.75) is 0 Å². The predicted octanol–water partition coefficient (Wildman–Crippen LogP) is 1.04. The summed E-state index contributed by atoms with van der Waals surface area (Å²) >= 11 is 0. The highest BCUT2D eigenvalue weighted by molar-refractivity contribution is 5.89. The maximum Gasteiger partial charge on any atom is 0.280 e. The second kappa shape index (κ2) is 2.93. The van der Waals surface area contributed by atoms with Gasteiger partial charge in [-0.15, -0.1) is 5.10 Å². The molecule has 0 N–H and O–H groups in total. The molecule has 0 bridgehead atoms. The van der Waals surface area contributed by atoms with E-state index in [0.29, 0.717) is 11.0 Å². The van der Waals surface area contributed by atoms with Gasteiger partial charge < -0.3 is 0 Å². The SMILES string of the molecule is O=C(CF)n1nnc2ccccc21. The second-order valence-corrected chi connectivity index (χ2v) is 2.52. The van der Waals surface area contributed by atoms with Crippen LogP contribution < -0.4 is 0 Å². The number of halogens is 1. The second-order valence-electron chi connectivity index (χ2n) is 2.52. The van der Waals surface area contributed by atoms with E-state index in [2.05, 4.69) is 10.3 Å². The van der Waals surface area contributed by atoms with Gasteiger partial charge in [0, 0.05) is 0 Å². The standard InChI is InChI=1S/C8H6FN3O/c9-5-8(13)12-7-4-2-1-3-6(7)10-11-12/h1-4H,5H2. The highest BCUT2D eigenvalue weighted by Crippen LogP contribution is 2.08. The molecule has 1 heterocycles. The largest absolute Gasteiger partial charge is 0.280 e. The third kappa shape index (κ3) is 1.18. The molecule has 2 aromatic rings. The zero-order valence-corrected chi connectivity index (χ0v) is 6.64. The minimum Gasteiger partial charge on any atom is -0.269 e. The summed E-state index contributed by atoms with van der Waals surface area (Å²) in [5.74, 6) is -0.700. The van der Waals surface area contributed by atoms with Crippen LogP contribution in [0.1, 0.15) is 4.79 Å². The molecule has 0 saturated carbocycles. The summed E-state index contributed by atoms with van der Waals surface area (Å²) in [6, 6.07) is 6.90. The molecule has 0 spiro atoms. The normalized spacial score (nSPS) is 10.5. The molecule has 1 aromatic heterocycles. The quantitative estimate of drug-likeness (QED) is 0.657. The molecular formula is C8H6FN3O. The van der Waals surface area contributed by atoms with Crippen LogP contribution >= 0.6 is 0 Å². The smallest absolute Gasteiger partial charge is 0.269 e. The Morgan fingerprint density at radius 1 is 1.46 bits per heavy atom. The Labute approximate surface area is 73.0 Å². The van der Waals surface area contributed by atoms with Crippen LogP contribution in [0.5, 0.6) is 0 Å². The lowest BCUT2D eigenvalue weighted by Gasteiger charge is -1.94. The molecule has 66 valence electrons. The van der Waals surface area contributed by atoms with Crippen molar-refractivity contribution in [2.75, 3.05) is 6.67 Å². The van der Waals surface area contributed by atoms with E-state index >= 15 is 0 Å². The van der Waals surface area contributed by atoms with E-state index in [1.807, 2.05) is 0 Å². The maximum absolute atomic E-state index is 12.0. The third-order valence-electron chi connectivity index (χ3n) is 1.70. The first-order valence-corrected chi connectivity index (χ1v) is 3.72. The summed E-state index contributed by atoms with van der Waals surface area (Å²) < 4.78 is 13.0. The van der Waals surface area contributed by atoms with E-state index in [4.69, 9.17) is 0 Å². The summed E-state index contributed by atoms with van der Waals surface area (Å²) in [5, 5.41) is 7.26. The van der Waals surface area contributed by atoms with Crippen LogP contribution in [-0.4, -0.2) is 27.6 Å². The van der Waals surface area contributed by atoms with Gasteiger partial charge in [-0.2, -0.15) is 4.68 Å². The van der Waals surface area contributed by atoms with E-state index in [1.165, 1.54) is 0 Å². The number of nitrogens with zero attached hydrogens (tertiary/aromatic N) is 3. The number of hydrogen-bond donors (Lipinski definition) is 0. The number of carbonyl (C=O) groups excluding carboxylic acids is 1. The van der Waals surface area contributed by atoms with Gasteiger partial charge in [-0.25, -0.2) is 4.39 Å². The van der Waals surface area contributed by atoms with Crippen LogP contribution in [0.25, 0.3) is 11.0 Å². The van der Waals surface area contributed by atoms with Gasteiger partial charge >= 0.3 is 0 Å². The number of fused-ring (bicyclic) bond motifs is 1. The maximum atomic E-state index is 12.0. The van der Waals surface area contributed by atoms with E-state index in [0.717, 1.165) is 4.68 Å². The molecule has 0 fully saturated rings. The van der Waals surface area contributed by atoms with Crippen molar-refractivity contribution in [3.05, 3.63) is 24.3 Å². The summed E-state index contributed by atoms with van der Waals surface area (Å²) in [7, 11) is 0. The van der Waals surface area contributed by atoms with Crippen molar-refractivity contribution in [1.82, 2.24) is 15.0 Å². The molecular weight excluding hydrogens is 173 g/mol. The first-order valence-electron chi connectivity index (χ1n) is 3.72. The lowest BCUT2D eigenvalue weighted by Crippen LogP contribution is -2.13. The van der Waals surface area contributed by atoms with E-state index in [1.54, 1.807) is 24.3 Å². The van der Waals surface area contributed by atoms with Crippen molar-refractivity contribution >= 4 is 16.9 Å². The van der Waals surface area contributed by atoms with Crippen LogP contribution in [-0.2, 0) is 0 Å². The van der Waals surface area contributed by atoms with E-state index in [-0.39, 0.29) is 0 Å². The number of aromatic nitrogens is 3. The van der Waals surface area contributed by atoms with Gasteiger partial charge in [0.25, 0.3) is 5.91 Å². The summed E-state index contributed by atoms with van der Waals surface area (Å²) in [6.45, 7) is -1.06. The van der Waals surface area contributed by atoms with Gasteiger partial charge in [-0.1, -0.05) is 17.3 Å². The zero-order valence-electron chi connectivity index (χ0n) is 6.64. The average molecular weight is 179 g/mol. The highest BCUT2D eigenvalue weighted by Gasteiger charge is 2.09. The summed E-state index contributed by atoms with van der Waals surface area (Å²) in [4.78, 5) is 11.0. The van der Waals surface area contributed by atoms with Gasteiger partial charge in [0.05, 0.1) is 5.52 Å². The van der Waals surface area contributed by atoms with E-state index in [9.17, 15) is 9.18 Å². The topological polar surface area (TPSA) is 47.8 Å². The summed E-state index contributed by atoms with van der Waals surface area (Å²) in [6.07, 6.45) is 0. The number of carbonyl (C=O) groups is 1. The fourth-order valence-corrected chi connectivity index (χ4v) is 1.11. The molecule has 0 atom stereocenters. The van der Waals surface area contributed by atoms with Crippen LogP contribution in [0.4, 0.5) is 4.39 Å². The molecule has 13 heavy (non-hydrogen) atoms. The third-order valence-corrected chi connectivity index (χ3v) is 1.70. The number of alkyl halides is 1. The number of benzene rings is 1. The van der Waals surface area contributed by atoms with Gasteiger partial charge in [0.2, 0.25) is 0 Å². The lowest BCUT2D eigenvalue weighted by molar-refractivity contribution is 0.0864. The molecule has 0 radical (unpaired) electrons. The number of para-hydroxylation sites is 1. The molecule has 0 saturated heterocycles. The molecule has 0 aliphatic carbocycles. The Bertz CT molecular complexity index is 451.